The Bertz CT molecular complexity index is 115. The van der Waals surface area contributed by atoms with Crippen LogP contribution in [0.2, 0.25) is 0 Å². The molecule has 13 heavy (non-hydrogen) atoms. The molecule has 0 aromatic rings. The fraction of sp³-hybridized carbons (Fsp3) is 1.00. The summed E-state index contributed by atoms with van der Waals surface area (Å²) in [4.78, 5) is 0. The molecule has 0 amide bonds. The average molecular weight is 189 g/mol. The number of nitrogens with one attached hydrogen (secondary N) is 1. The van der Waals surface area contributed by atoms with Crippen LogP contribution in [0.25, 0.3) is 0 Å². The molecule has 0 spiro atoms. The van der Waals surface area contributed by atoms with Crippen molar-refractivity contribution in [2.75, 3.05) is 19.8 Å². The van der Waals surface area contributed by atoms with Gasteiger partial charge in [-0.2, -0.15) is 0 Å². The highest BCUT2D eigenvalue weighted by molar-refractivity contribution is 4.70. The van der Waals surface area contributed by atoms with Crippen LogP contribution >= 0.6 is 0 Å². The smallest absolute Gasteiger partial charge is 0.0636 e. The molecule has 0 aliphatic rings. The molecule has 2 atom stereocenters. The third kappa shape index (κ3) is 6.99. The molecule has 0 heterocycles. The van der Waals surface area contributed by atoms with Crippen molar-refractivity contribution in [3.8, 4) is 0 Å². The molecule has 1 unspecified atom stereocenters. The van der Waals surface area contributed by atoms with Crippen LogP contribution in [0, 0.1) is 5.92 Å². The zero-order chi connectivity index (χ0) is 10.3. The molecule has 0 saturated carbocycles. The van der Waals surface area contributed by atoms with Gasteiger partial charge in [0.2, 0.25) is 0 Å². The molecule has 80 valence electrons. The Balaban J connectivity index is 3.67. The SMILES string of the molecule is CCOCC(NC[C@H](C)O)C(C)C. The van der Waals surface area contributed by atoms with Gasteiger partial charge in [-0.05, 0) is 19.8 Å². The van der Waals surface area contributed by atoms with Crippen LogP contribution in [0.1, 0.15) is 27.7 Å². The molecule has 0 saturated heterocycles. The summed E-state index contributed by atoms with van der Waals surface area (Å²) in [6.07, 6.45) is -0.289. The minimum Gasteiger partial charge on any atom is -0.392 e. The lowest BCUT2D eigenvalue weighted by molar-refractivity contribution is 0.0995. The molecule has 2 N–H and O–H groups in total. The number of hydrogen-bond acceptors (Lipinski definition) is 3. The van der Waals surface area contributed by atoms with Crippen LogP contribution < -0.4 is 5.32 Å². The highest BCUT2D eigenvalue weighted by Gasteiger charge is 2.12. The third-order valence-electron chi connectivity index (χ3n) is 1.98. The van der Waals surface area contributed by atoms with E-state index in [1.165, 1.54) is 0 Å². The van der Waals surface area contributed by atoms with Crippen LogP contribution in [0.15, 0.2) is 0 Å². The first-order valence-corrected chi connectivity index (χ1v) is 5.07. The Morgan fingerprint density at radius 2 is 1.92 bits per heavy atom. The van der Waals surface area contributed by atoms with Crippen LogP contribution in [0.3, 0.4) is 0 Å². The van der Waals surface area contributed by atoms with Crippen molar-refractivity contribution in [3.05, 3.63) is 0 Å². The summed E-state index contributed by atoms with van der Waals surface area (Å²) in [6, 6.07) is 0.342. The monoisotopic (exact) mass is 189 g/mol. The Labute approximate surface area is 81.5 Å². The second-order valence-electron chi connectivity index (χ2n) is 3.77. The summed E-state index contributed by atoms with van der Waals surface area (Å²) in [7, 11) is 0. The van der Waals surface area contributed by atoms with Crippen molar-refractivity contribution >= 4 is 0 Å². The first-order chi connectivity index (χ1) is 6.07. The Morgan fingerprint density at radius 3 is 2.31 bits per heavy atom. The van der Waals surface area contributed by atoms with Crippen molar-refractivity contribution in [1.29, 1.82) is 0 Å². The van der Waals surface area contributed by atoms with Crippen LogP contribution in [0.4, 0.5) is 0 Å². The van der Waals surface area contributed by atoms with Gasteiger partial charge in [-0.25, -0.2) is 0 Å². The summed E-state index contributed by atoms with van der Waals surface area (Å²) >= 11 is 0. The average Bonchev–Trinajstić information content (AvgIpc) is 2.03. The predicted octanol–water partition coefficient (Wildman–Crippen LogP) is 1.02. The van der Waals surface area contributed by atoms with Gasteiger partial charge in [-0.15, -0.1) is 0 Å². The van der Waals surface area contributed by atoms with E-state index in [0.29, 0.717) is 18.5 Å². The summed E-state index contributed by atoms with van der Waals surface area (Å²) < 4.78 is 5.35. The first-order valence-electron chi connectivity index (χ1n) is 5.07. The molecule has 0 bridgehead atoms. The van der Waals surface area contributed by atoms with E-state index in [-0.39, 0.29) is 6.10 Å². The zero-order valence-electron chi connectivity index (χ0n) is 9.21. The lowest BCUT2D eigenvalue weighted by Gasteiger charge is -2.22. The van der Waals surface area contributed by atoms with E-state index in [1.54, 1.807) is 6.92 Å². The molecular formula is C10H23NO2. The largest absolute Gasteiger partial charge is 0.392 e. The van der Waals surface area contributed by atoms with Gasteiger partial charge in [0.15, 0.2) is 0 Å². The maximum Gasteiger partial charge on any atom is 0.0636 e. The topological polar surface area (TPSA) is 41.5 Å². The molecule has 3 heteroatoms. The second-order valence-corrected chi connectivity index (χ2v) is 3.77. The quantitative estimate of drug-likeness (QED) is 0.628. The maximum atomic E-state index is 9.11. The lowest BCUT2D eigenvalue weighted by atomic mass is 10.1. The standard InChI is InChI=1S/C10H23NO2/c1-5-13-7-10(8(2)3)11-6-9(4)12/h8-12H,5-7H2,1-4H3/t9-,10?/m0/s1. The Hall–Kier alpha value is -0.120. The number of hydrogen-bond donors (Lipinski definition) is 2. The molecule has 0 fully saturated rings. The molecule has 0 aromatic carbocycles. The predicted molar refractivity (Wildman–Crippen MR) is 54.8 cm³/mol. The molecule has 3 nitrogen and oxygen atoms in total. The Kier molecular flexibility index (Phi) is 7.23. The van der Waals surface area contributed by atoms with E-state index in [2.05, 4.69) is 19.2 Å². The highest BCUT2D eigenvalue weighted by Crippen LogP contribution is 2.02. The Morgan fingerprint density at radius 1 is 1.31 bits per heavy atom. The molecule has 0 rings (SSSR count). The van der Waals surface area contributed by atoms with E-state index in [0.717, 1.165) is 13.2 Å². The minimum absolute atomic E-state index is 0.289. The van der Waals surface area contributed by atoms with Gasteiger partial charge in [-0.3, -0.25) is 0 Å². The van der Waals surface area contributed by atoms with Gasteiger partial charge in [0.05, 0.1) is 12.7 Å². The van der Waals surface area contributed by atoms with E-state index in [4.69, 9.17) is 9.84 Å². The molecule has 0 aliphatic carbocycles. The molecule has 0 aliphatic heterocycles. The van der Waals surface area contributed by atoms with Crippen molar-refractivity contribution in [2.45, 2.75) is 39.8 Å². The van der Waals surface area contributed by atoms with Gasteiger partial charge in [0, 0.05) is 19.2 Å². The van der Waals surface area contributed by atoms with Crippen LogP contribution in [0.5, 0.6) is 0 Å². The number of ether oxygens (including phenoxy) is 1. The van der Waals surface area contributed by atoms with Gasteiger partial charge in [-0.1, -0.05) is 13.8 Å². The normalized spacial score (nSPS) is 16.2. The summed E-state index contributed by atoms with van der Waals surface area (Å²) in [6.45, 7) is 10.2. The minimum atomic E-state index is -0.289. The molecule has 0 radical (unpaired) electrons. The molecule has 0 aromatic heterocycles. The van der Waals surface area contributed by atoms with Crippen LogP contribution in [-0.2, 0) is 4.74 Å². The number of rotatable bonds is 7. The van der Waals surface area contributed by atoms with Crippen molar-refractivity contribution in [3.63, 3.8) is 0 Å². The van der Waals surface area contributed by atoms with Crippen molar-refractivity contribution in [2.24, 2.45) is 5.92 Å². The second kappa shape index (κ2) is 7.30. The van der Waals surface area contributed by atoms with E-state index < -0.39 is 0 Å². The van der Waals surface area contributed by atoms with E-state index in [1.807, 2.05) is 6.92 Å². The number of aliphatic hydroxyl groups is 1. The van der Waals surface area contributed by atoms with Gasteiger partial charge in [0.25, 0.3) is 0 Å². The lowest BCUT2D eigenvalue weighted by Crippen LogP contribution is -2.41. The summed E-state index contributed by atoms with van der Waals surface area (Å²) in [5.74, 6) is 0.533. The highest BCUT2D eigenvalue weighted by atomic mass is 16.5. The van der Waals surface area contributed by atoms with Crippen molar-refractivity contribution < 1.29 is 9.84 Å². The molecular weight excluding hydrogens is 166 g/mol. The van der Waals surface area contributed by atoms with Gasteiger partial charge >= 0.3 is 0 Å². The van der Waals surface area contributed by atoms with Crippen molar-refractivity contribution in [1.82, 2.24) is 5.32 Å². The fourth-order valence-electron chi connectivity index (χ4n) is 1.05. The number of aliphatic hydroxyl groups excluding tert-OH is 1. The maximum absolute atomic E-state index is 9.11. The summed E-state index contributed by atoms with van der Waals surface area (Å²) in [5, 5.41) is 12.4. The van der Waals surface area contributed by atoms with E-state index in [9.17, 15) is 0 Å². The zero-order valence-corrected chi connectivity index (χ0v) is 9.21. The van der Waals surface area contributed by atoms with Gasteiger partial charge in [0.1, 0.15) is 0 Å². The third-order valence-corrected chi connectivity index (χ3v) is 1.98. The van der Waals surface area contributed by atoms with E-state index >= 15 is 0 Å². The van der Waals surface area contributed by atoms with Gasteiger partial charge < -0.3 is 15.2 Å². The fourth-order valence-corrected chi connectivity index (χ4v) is 1.05. The van der Waals surface area contributed by atoms with Crippen LogP contribution in [-0.4, -0.2) is 37.0 Å². The first kappa shape index (κ1) is 12.9. The summed E-state index contributed by atoms with van der Waals surface area (Å²) in [5.41, 5.74) is 0.